The Morgan fingerprint density at radius 1 is 1.09 bits per heavy atom. The van der Waals surface area contributed by atoms with E-state index in [9.17, 15) is 0 Å². The molecule has 3 rings (SSSR count). The largest absolute Gasteiger partial charge is 0.399 e. The fourth-order valence-corrected chi connectivity index (χ4v) is 2.76. The highest BCUT2D eigenvalue weighted by Gasteiger charge is 2.09. The average Bonchev–Trinajstić information content (AvgIpc) is 3.02. The first-order chi connectivity index (χ1) is 11.3. The number of hydrogen-bond donors (Lipinski definition) is 2. The van der Waals surface area contributed by atoms with Crippen molar-refractivity contribution in [2.75, 3.05) is 12.3 Å². The van der Waals surface area contributed by atoms with Crippen molar-refractivity contribution in [3.05, 3.63) is 72.3 Å². The van der Waals surface area contributed by atoms with Crippen molar-refractivity contribution < 1.29 is 5.11 Å². The predicted molar refractivity (Wildman–Crippen MR) is 93.0 cm³/mol. The van der Waals surface area contributed by atoms with Crippen LogP contribution in [0.5, 0.6) is 0 Å². The molecule has 0 bridgehead atoms. The number of aliphatic hydroxyl groups is 1. The van der Waals surface area contributed by atoms with Crippen LogP contribution < -0.4 is 5.73 Å². The fraction of sp³-hybridized carbons (Fsp3) is 0.211. The molecule has 0 aliphatic heterocycles. The number of benzene rings is 2. The number of aliphatic hydroxyl groups excluding tert-OH is 1. The van der Waals surface area contributed by atoms with Crippen LogP contribution >= 0.6 is 0 Å². The highest BCUT2D eigenvalue weighted by Crippen LogP contribution is 2.27. The second kappa shape index (κ2) is 7.11. The molecule has 0 spiro atoms. The number of aryl methyl sites for hydroxylation is 1. The van der Waals surface area contributed by atoms with Crippen LogP contribution in [0.2, 0.25) is 0 Å². The van der Waals surface area contributed by atoms with Gasteiger partial charge in [-0.1, -0.05) is 36.4 Å². The van der Waals surface area contributed by atoms with Crippen molar-refractivity contribution in [2.24, 2.45) is 0 Å². The van der Waals surface area contributed by atoms with Crippen LogP contribution in [0.4, 0.5) is 5.69 Å². The lowest BCUT2D eigenvalue weighted by Crippen LogP contribution is -2.05. The van der Waals surface area contributed by atoms with Crippen LogP contribution in [-0.4, -0.2) is 21.3 Å². The summed E-state index contributed by atoms with van der Waals surface area (Å²) >= 11 is 0. The lowest BCUT2D eigenvalue weighted by molar-refractivity contribution is 0.287. The molecule has 1 heterocycles. The predicted octanol–water partition coefficient (Wildman–Crippen LogP) is 3.11. The van der Waals surface area contributed by atoms with Gasteiger partial charge in [0.1, 0.15) is 0 Å². The maximum absolute atomic E-state index is 9.03. The van der Waals surface area contributed by atoms with Gasteiger partial charge in [-0.05, 0) is 41.7 Å². The molecule has 1 aromatic heterocycles. The van der Waals surface area contributed by atoms with Gasteiger partial charge < -0.3 is 15.4 Å². The number of nitrogens with two attached hydrogens (primary N) is 1. The number of imidazole rings is 1. The van der Waals surface area contributed by atoms with Crippen LogP contribution in [0.1, 0.15) is 17.7 Å². The Balaban J connectivity index is 1.93. The van der Waals surface area contributed by atoms with Crippen molar-refractivity contribution >= 4 is 5.69 Å². The van der Waals surface area contributed by atoms with E-state index < -0.39 is 0 Å². The van der Waals surface area contributed by atoms with Crippen LogP contribution in [-0.2, 0) is 13.0 Å². The summed E-state index contributed by atoms with van der Waals surface area (Å²) in [5.41, 5.74) is 11.4. The topological polar surface area (TPSA) is 64.1 Å². The molecule has 0 amide bonds. The van der Waals surface area contributed by atoms with Crippen LogP contribution in [0.25, 0.3) is 11.1 Å². The smallest absolute Gasteiger partial charge is 0.0951 e. The molecule has 0 fully saturated rings. The molecule has 0 aliphatic rings. The molecule has 0 unspecified atom stereocenters. The van der Waals surface area contributed by atoms with Crippen LogP contribution in [0, 0.1) is 0 Å². The fourth-order valence-electron chi connectivity index (χ4n) is 2.76. The Kier molecular flexibility index (Phi) is 4.74. The molecule has 4 heteroatoms. The van der Waals surface area contributed by atoms with E-state index in [1.807, 2.05) is 42.9 Å². The number of nitrogen functional groups attached to an aromatic ring is 1. The molecule has 2 aromatic carbocycles. The van der Waals surface area contributed by atoms with E-state index in [1.54, 1.807) is 0 Å². The molecule has 23 heavy (non-hydrogen) atoms. The maximum atomic E-state index is 9.03. The quantitative estimate of drug-likeness (QED) is 0.688. The Bertz CT molecular complexity index is 765. The minimum atomic E-state index is 0.197. The molecule has 118 valence electrons. The first-order valence-corrected chi connectivity index (χ1v) is 7.81. The Hall–Kier alpha value is -2.59. The van der Waals surface area contributed by atoms with Gasteiger partial charge >= 0.3 is 0 Å². The van der Waals surface area contributed by atoms with Crippen LogP contribution in [0.15, 0.2) is 61.1 Å². The Labute approximate surface area is 136 Å². The lowest BCUT2D eigenvalue weighted by atomic mass is 9.99. The van der Waals surface area contributed by atoms with E-state index in [1.165, 1.54) is 5.56 Å². The van der Waals surface area contributed by atoms with Gasteiger partial charge in [-0.25, -0.2) is 4.98 Å². The van der Waals surface area contributed by atoms with Gasteiger partial charge in [-0.2, -0.15) is 0 Å². The standard InChI is InChI=1S/C19H21N3O/c20-17-9-8-16(19(11-17)15-5-2-1-3-6-15)13-22-14-21-12-18(22)7-4-10-23/h1-3,5-6,8-9,11-12,14,23H,4,7,10,13,20H2. The van der Waals surface area contributed by atoms with E-state index in [-0.39, 0.29) is 6.61 Å². The molecular weight excluding hydrogens is 286 g/mol. The molecule has 0 saturated heterocycles. The zero-order chi connectivity index (χ0) is 16.1. The summed E-state index contributed by atoms with van der Waals surface area (Å²) in [4.78, 5) is 4.25. The molecule has 4 nitrogen and oxygen atoms in total. The van der Waals surface area contributed by atoms with Crippen molar-refractivity contribution in [1.29, 1.82) is 0 Å². The summed E-state index contributed by atoms with van der Waals surface area (Å²) in [7, 11) is 0. The molecule has 3 aromatic rings. The molecule has 0 aliphatic carbocycles. The number of rotatable bonds is 6. The van der Waals surface area contributed by atoms with Crippen molar-refractivity contribution in [3.8, 4) is 11.1 Å². The number of anilines is 1. The SMILES string of the molecule is Nc1ccc(Cn2cncc2CCCO)c(-c2ccccc2)c1. The normalized spacial score (nSPS) is 10.8. The van der Waals surface area contributed by atoms with E-state index in [0.29, 0.717) is 0 Å². The van der Waals surface area contributed by atoms with Gasteiger partial charge in [0.2, 0.25) is 0 Å². The summed E-state index contributed by atoms with van der Waals surface area (Å²) < 4.78 is 2.13. The zero-order valence-electron chi connectivity index (χ0n) is 13.0. The molecule has 0 radical (unpaired) electrons. The maximum Gasteiger partial charge on any atom is 0.0951 e. The summed E-state index contributed by atoms with van der Waals surface area (Å²) in [6.45, 7) is 0.938. The van der Waals surface area contributed by atoms with Gasteiger partial charge in [0.05, 0.1) is 6.33 Å². The zero-order valence-corrected chi connectivity index (χ0v) is 13.0. The lowest BCUT2D eigenvalue weighted by Gasteiger charge is -2.13. The average molecular weight is 307 g/mol. The number of aromatic nitrogens is 2. The first-order valence-electron chi connectivity index (χ1n) is 7.81. The molecule has 0 saturated carbocycles. The summed E-state index contributed by atoms with van der Waals surface area (Å²) in [5.74, 6) is 0. The van der Waals surface area contributed by atoms with Crippen LogP contribution in [0.3, 0.4) is 0 Å². The summed E-state index contributed by atoms with van der Waals surface area (Å²) in [5, 5.41) is 9.03. The van der Waals surface area contributed by atoms with Gasteiger partial charge in [-0.3, -0.25) is 0 Å². The Morgan fingerprint density at radius 2 is 1.91 bits per heavy atom. The number of hydrogen-bond acceptors (Lipinski definition) is 3. The molecule has 3 N–H and O–H groups in total. The number of nitrogens with zero attached hydrogens (tertiary/aromatic N) is 2. The van der Waals surface area contributed by atoms with E-state index in [0.717, 1.165) is 41.9 Å². The minimum Gasteiger partial charge on any atom is -0.399 e. The third-order valence-electron chi connectivity index (χ3n) is 3.95. The van der Waals surface area contributed by atoms with Crippen molar-refractivity contribution in [1.82, 2.24) is 9.55 Å². The third-order valence-corrected chi connectivity index (χ3v) is 3.95. The van der Waals surface area contributed by atoms with E-state index in [4.69, 9.17) is 10.8 Å². The van der Waals surface area contributed by atoms with Crippen molar-refractivity contribution in [2.45, 2.75) is 19.4 Å². The monoisotopic (exact) mass is 307 g/mol. The third kappa shape index (κ3) is 3.60. The van der Waals surface area contributed by atoms with Gasteiger partial charge in [0.15, 0.2) is 0 Å². The molecule has 0 atom stereocenters. The van der Waals surface area contributed by atoms with Gasteiger partial charge in [0.25, 0.3) is 0 Å². The minimum absolute atomic E-state index is 0.197. The highest BCUT2D eigenvalue weighted by atomic mass is 16.2. The second-order valence-electron chi connectivity index (χ2n) is 5.62. The second-order valence-corrected chi connectivity index (χ2v) is 5.62. The highest BCUT2D eigenvalue weighted by molar-refractivity contribution is 5.71. The van der Waals surface area contributed by atoms with Gasteiger partial charge in [-0.15, -0.1) is 0 Å². The molecular formula is C19H21N3O. The Morgan fingerprint density at radius 3 is 2.70 bits per heavy atom. The van der Waals surface area contributed by atoms with E-state index >= 15 is 0 Å². The van der Waals surface area contributed by atoms with E-state index in [2.05, 4.69) is 27.8 Å². The summed E-state index contributed by atoms with van der Waals surface area (Å²) in [6.07, 6.45) is 5.29. The van der Waals surface area contributed by atoms with Crippen molar-refractivity contribution in [3.63, 3.8) is 0 Å². The summed E-state index contributed by atoms with van der Waals surface area (Å²) in [6, 6.07) is 16.3. The van der Waals surface area contributed by atoms with Gasteiger partial charge in [0, 0.05) is 30.7 Å². The first kappa shape index (κ1) is 15.3.